The number of nitrogens with zero attached hydrogens (tertiary/aromatic N) is 1. The van der Waals surface area contributed by atoms with Crippen molar-refractivity contribution in [2.45, 2.75) is 40.0 Å². The van der Waals surface area contributed by atoms with Crippen molar-refractivity contribution >= 4 is 16.9 Å². The number of rotatable bonds is 7. The SMILES string of the molecule is CCOCCCNC1=NCC(CC)(CC)CS1. The molecule has 0 aromatic heterocycles. The van der Waals surface area contributed by atoms with Gasteiger partial charge >= 0.3 is 0 Å². The summed E-state index contributed by atoms with van der Waals surface area (Å²) in [4.78, 5) is 4.67. The first-order chi connectivity index (χ1) is 8.26. The van der Waals surface area contributed by atoms with E-state index in [9.17, 15) is 0 Å². The largest absolute Gasteiger partial charge is 0.382 e. The van der Waals surface area contributed by atoms with E-state index in [0.717, 1.165) is 37.9 Å². The molecule has 0 aliphatic carbocycles. The Bertz CT molecular complexity index is 240. The molecule has 4 heteroatoms. The van der Waals surface area contributed by atoms with Crippen molar-refractivity contribution in [3.05, 3.63) is 0 Å². The van der Waals surface area contributed by atoms with E-state index < -0.39 is 0 Å². The van der Waals surface area contributed by atoms with Crippen LogP contribution >= 0.6 is 11.8 Å². The Morgan fingerprint density at radius 1 is 1.35 bits per heavy atom. The van der Waals surface area contributed by atoms with Crippen LogP contribution in [0.15, 0.2) is 4.99 Å². The highest BCUT2D eigenvalue weighted by molar-refractivity contribution is 8.13. The summed E-state index contributed by atoms with van der Waals surface area (Å²) in [5, 5.41) is 4.52. The highest BCUT2D eigenvalue weighted by Crippen LogP contribution is 2.34. The third-order valence-electron chi connectivity index (χ3n) is 3.52. The van der Waals surface area contributed by atoms with E-state index in [1.54, 1.807) is 0 Å². The van der Waals surface area contributed by atoms with Gasteiger partial charge in [-0.25, -0.2) is 0 Å². The summed E-state index contributed by atoms with van der Waals surface area (Å²) in [6.07, 6.45) is 3.52. The van der Waals surface area contributed by atoms with Crippen LogP contribution in [-0.4, -0.2) is 37.2 Å². The molecule has 0 saturated heterocycles. The zero-order valence-electron chi connectivity index (χ0n) is 11.4. The summed E-state index contributed by atoms with van der Waals surface area (Å²) in [7, 11) is 0. The van der Waals surface area contributed by atoms with E-state index in [2.05, 4.69) is 24.2 Å². The summed E-state index contributed by atoms with van der Waals surface area (Å²) in [6, 6.07) is 0. The fraction of sp³-hybridized carbons (Fsp3) is 0.923. The number of hydrogen-bond donors (Lipinski definition) is 1. The maximum atomic E-state index is 5.30. The molecule has 3 nitrogen and oxygen atoms in total. The second kappa shape index (κ2) is 7.98. The summed E-state index contributed by atoms with van der Waals surface area (Å²) < 4.78 is 5.30. The first-order valence-electron chi connectivity index (χ1n) is 6.75. The van der Waals surface area contributed by atoms with Crippen LogP contribution in [0.25, 0.3) is 0 Å². The van der Waals surface area contributed by atoms with Crippen LogP contribution in [0, 0.1) is 5.41 Å². The molecule has 100 valence electrons. The van der Waals surface area contributed by atoms with E-state index in [4.69, 9.17) is 4.74 Å². The van der Waals surface area contributed by atoms with Gasteiger partial charge in [-0.05, 0) is 31.6 Å². The molecule has 0 spiro atoms. The normalized spacial score (nSPS) is 18.9. The fourth-order valence-corrected chi connectivity index (χ4v) is 3.15. The number of aliphatic imine (C=N–C) groups is 1. The first kappa shape index (κ1) is 14.8. The maximum absolute atomic E-state index is 5.30. The molecule has 1 aliphatic heterocycles. The van der Waals surface area contributed by atoms with Gasteiger partial charge in [0, 0.05) is 32.1 Å². The molecule has 0 atom stereocenters. The van der Waals surface area contributed by atoms with E-state index in [-0.39, 0.29) is 0 Å². The number of hydrogen-bond acceptors (Lipinski definition) is 4. The third-order valence-corrected chi connectivity index (χ3v) is 4.82. The van der Waals surface area contributed by atoms with Crippen LogP contribution in [0.2, 0.25) is 0 Å². The van der Waals surface area contributed by atoms with Gasteiger partial charge < -0.3 is 10.1 Å². The Hall–Kier alpha value is -0.220. The fourth-order valence-electron chi connectivity index (χ4n) is 1.85. The number of amidine groups is 1. The Kier molecular flexibility index (Phi) is 6.97. The van der Waals surface area contributed by atoms with Gasteiger partial charge in [0.15, 0.2) is 5.17 Å². The van der Waals surface area contributed by atoms with E-state index in [1.165, 1.54) is 18.6 Å². The van der Waals surface area contributed by atoms with Crippen molar-refractivity contribution in [2.75, 3.05) is 32.1 Å². The maximum Gasteiger partial charge on any atom is 0.156 e. The first-order valence-corrected chi connectivity index (χ1v) is 7.73. The molecule has 17 heavy (non-hydrogen) atoms. The second-order valence-corrected chi connectivity index (χ2v) is 5.56. The van der Waals surface area contributed by atoms with Crippen LogP contribution in [0.4, 0.5) is 0 Å². The molecule has 0 aromatic rings. The molecule has 0 radical (unpaired) electrons. The van der Waals surface area contributed by atoms with Crippen molar-refractivity contribution in [1.82, 2.24) is 5.32 Å². The van der Waals surface area contributed by atoms with Crippen molar-refractivity contribution in [3.63, 3.8) is 0 Å². The number of thioether (sulfide) groups is 1. The number of ether oxygens (including phenoxy) is 1. The van der Waals surface area contributed by atoms with Gasteiger partial charge in [-0.3, -0.25) is 4.99 Å². The topological polar surface area (TPSA) is 33.6 Å². The molecular weight excluding hydrogens is 232 g/mol. The average Bonchev–Trinajstić information content (AvgIpc) is 2.39. The van der Waals surface area contributed by atoms with Gasteiger partial charge in [-0.2, -0.15) is 0 Å². The molecule has 1 heterocycles. The van der Waals surface area contributed by atoms with Gasteiger partial charge in [0.2, 0.25) is 0 Å². The predicted molar refractivity (Wildman–Crippen MR) is 76.9 cm³/mol. The molecule has 0 amide bonds. The Balaban J connectivity index is 2.22. The van der Waals surface area contributed by atoms with Gasteiger partial charge in [0.1, 0.15) is 0 Å². The standard InChI is InChI=1S/C13H26N2OS/c1-4-13(5-2)10-15-12(17-11-13)14-8-7-9-16-6-3/h4-11H2,1-3H3,(H,14,15). The van der Waals surface area contributed by atoms with Gasteiger partial charge in [0.05, 0.1) is 0 Å². The van der Waals surface area contributed by atoms with Crippen LogP contribution < -0.4 is 5.32 Å². The molecule has 1 rings (SSSR count). The Labute approximate surface area is 110 Å². The highest BCUT2D eigenvalue weighted by Gasteiger charge is 2.29. The van der Waals surface area contributed by atoms with Crippen molar-refractivity contribution in [2.24, 2.45) is 10.4 Å². The average molecular weight is 258 g/mol. The lowest BCUT2D eigenvalue weighted by Crippen LogP contribution is -2.35. The zero-order valence-corrected chi connectivity index (χ0v) is 12.2. The Morgan fingerprint density at radius 3 is 2.65 bits per heavy atom. The molecule has 0 unspecified atom stereocenters. The highest BCUT2D eigenvalue weighted by atomic mass is 32.2. The lowest BCUT2D eigenvalue weighted by Gasteiger charge is -2.33. The zero-order chi connectivity index (χ0) is 12.6. The van der Waals surface area contributed by atoms with Crippen LogP contribution in [0.1, 0.15) is 40.0 Å². The summed E-state index contributed by atoms with van der Waals surface area (Å²) in [5.74, 6) is 1.21. The summed E-state index contributed by atoms with van der Waals surface area (Å²) in [6.45, 7) is 10.2. The molecule has 0 aromatic carbocycles. The van der Waals surface area contributed by atoms with Crippen molar-refractivity contribution in [3.8, 4) is 0 Å². The monoisotopic (exact) mass is 258 g/mol. The van der Waals surface area contributed by atoms with E-state index in [1.807, 2.05) is 18.7 Å². The van der Waals surface area contributed by atoms with Crippen LogP contribution in [0.3, 0.4) is 0 Å². The van der Waals surface area contributed by atoms with Crippen molar-refractivity contribution in [1.29, 1.82) is 0 Å². The minimum Gasteiger partial charge on any atom is -0.382 e. The van der Waals surface area contributed by atoms with Gasteiger partial charge in [-0.1, -0.05) is 25.6 Å². The predicted octanol–water partition coefficient (Wildman–Crippen LogP) is 2.91. The lowest BCUT2D eigenvalue weighted by molar-refractivity contribution is 0.146. The molecule has 0 fully saturated rings. The molecular formula is C13H26N2OS. The molecule has 0 bridgehead atoms. The molecule has 1 aliphatic rings. The van der Waals surface area contributed by atoms with E-state index >= 15 is 0 Å². The second-order valence-electron chi connectivity index (χ2n) is 4.59. The quantitative estimate of drug-likeness (QED) is 0.713. The summed E-state index contributed by atoms with van der Waals surface area (Å²) in [5.41, 5.74) is 0.446. The minimum absolute atomic E-state index is 0.446. The lowest BCUT2D eigenvalue weighted by atomic mass is 9.84. The smallest absolute Gasteiger partial charge is 0.156 e. The third kappa shape index (κ3) is 4.88. The van der Waals surface area contributed by atoms with Crippen LogP contribution in [-0.2, 0) is 4.74 Å². The minimum atomic E-state index is 0.446. The van der Waals surface area contributed by atoms with Crippen molar-refractivity contribution < 1.29 is 4.74 Å². The van der Waals surface area contributed by atoms with Gasteiger partial charge in [-0.15, -0.1) is 0 Å². The Morgan fingerprint density at radius 2 is 2.12 bits per heavy atom. The summed E-state index contributed by atoms with van der Waals surface area (Å²) >= 11 is 1.88. The van der Waals surface area contributed by atoms with Gasteiger partial charge in [0.25, 0.3) is 0 Å². The number of nitrogens with one attached hydrogen (secondary N) is 1. The van der Waals surface area contributed by atoms with E-state index in [0.29, 0.717) is 5.41 Å². The molecule has 1 N–H and O–H groups in total. The van der Waals surface area contributed by atoms with Crippen LogP contribution in [0.5, 0.6) is 0 Å². The molecule has 0 saturated carbocycles.